The Balaban J connectivity index is 1.56. The van der Waals surface area contributed by atoms with E-state index in [4.69, 9.17) is 0 Å². The lowest BCUT2D eigenvalue weighted by Crippen LogP contribution is -2.18. The molecule has 116 valence electrons. The number of nitrogens with zero attached hydrogens (tertiary/aromatic N) is 4. The molecule has 0 aliphatic carbocycles. The average Bonchev–Trinajstić information content (AvgIpc) is 2.96. The minimum absolute atomic E-state index is 1.06. The third-order valence-electron chi connectivity index (χ3n) is 4.21. The Morgan fingerprint density at radius 3 is 1.62 bits per heavy atom. The summed E-state index contributed by atoms with van der Waals surface area (Å²) in [5.41, 5.74) is 2.64. The Morgan fingerprint density at radius 1 is 0.857 bits per heavy atom. The molecule has 1 N–H and O–H groups in total. The summed E-state index contributed by atoms with van der Waals surface area (Å²) in [5, 5.41) is 3.52. The van der Waals surface area contributed by atoms with E-state index in [-0.39, 0.29) is 0 Å². The number of hydrogen-bond donors (Lipinski definition) is 1. The average molecular weight is 289 g/mol. The van der Waals surface area contributed by atoms with Crippen LogP contribution in [0.1, 0.15) is 35.9 Å². The summed E-state index contributed by atoms with van der Waals surface area (Å²) in [5.74, 6) is 2.17. The lowest BCUT2D eigenvalue weighted by atomic mass is 10.2. The van der Waals surface area contributed by atoms with Crippen LogP contribution in [0.4, 0.5) is 0 Å². The maximum absolute atomic E-state index is 4.32. The Bertz CT molecular complexity index is 517. The maximum Gasteiger partial charge on any atom is 0.105 e. The highest BCUT2D eigenvalue weighted by Gasteiger charge is 2.03. The molecule has 0 amide bonds. The molecule has 0 fully saturated rings. The molecule has 0 aliphatic rings. The predicted octanol–water partition coefficient (Wildman–Crippen LogP) is 1.93. The van der Waals surface area contributed by atoms with Crippen LogP contribution in [0.25, 0.3) is 0 Å². The zero-order chi connectivity index (χ0) is 15.2. The van der Waals surface area contributed by atoms with Crippen molar-refractivity contribution < 1.29 is 0 Å². The molecular weight excluding hydrogens is 262 g/mol. The van der Waals surface area contributed by atoms with Crippen LogP contribution in [-0.2, 0) is 26.9 Å². The van der Waals surface area contributed by atoms with Gasteiger partial charge in [0, 0.05) is 37.9 Å². The summed E-state index contributed by atoms with van der Waals surface area (Å²) in [6.45, 7) is 6.22. The van der Waals surface area contributed by atoms with Gasteiger partial charge in [0.05, 0.1) is 0 Å². The minimum atomic E-state index is 1.06. The lowest BCUT2D eigenvalue weighted by Gasteiger charge is -2.07. The molecule has 2 aromatic rings. The minimum Gasteiger partial charge on any atom is -0.335 e. The first-order valence-corrected chi connectivity index (χ1v) is 7.74. The van der Waals surface area contributed by atoms with Gasteiger partial charge in [-0.2, -0.15) is 0 Å². The fourth-order valence-electron chi connectivity index (χ4n) is 2.48. The molecule has 0 bridgehead atoms. The number of nitrogens with one attached hydrogen (secondary N) is 1. The second-order valence-corrected chi connectivity index (χ2v) is 5.67. The number of aryl methyl sites for hydroxylation is 4. The topological polar surface area (TPSA) is 47.7 Å². The number of aromatic nitrogens is 4. The van der Waals surface area contributed by atoms with E-state index in [1.54, 1.807) is 0 Å². The summed E-state index contributed by atoms with van der Waals surface area (Å²) in [6, 6.07) is 0. The molecular formula is C16H27N5. The maximum atomic E-state index is 4.32. The van der Waals surface area contributed by atoms with E-state index in [1.807, 2.05) is 26.2 Å². The van der Waals surface area contributed by atoms with Crippen molar-refractivity contribution >= 4 is 0 Å². The van der Waals surface area contributed by atoms with Gasteiger partial charge in [-0.15, -0.1) is 0 Å². The van der Waals surface area contributed by atoms with Crippen LogP contribution in [0.2, 0.25) is 0 Å². The molecule has 0 saturated carbocycles. The van der Waals surface area contributed by atoms with E-state index in [9.17, 15) is 0 Å². The van der Waals surface area contributed by atoms with Gasteiger partial charge in [-0.25, -0.2) is 9.97 Å². The SMILES string of the molecule is Cc1ncc(CCCNCCCc2cnc(C)n2C)n1C. The summed E-state index contributed by atoms with van der Waals surface area (Å²) >= 11 is 0. The molecule has 0 saturated heterocycles. The van der Waals surface area contributed by atoms with E-state index in [0.717, 1.165) is 50.4 Å². The van der Waals surface area contributed by atoms with Crippen molar-refractivity contribution in [3.05, 3.63) is 35.4 Å². The van der Waals surface area contributed by atoms with Crippen LogP contribution >= 0.6 is 0 Å². The molecule has 5 nitrogen and oxygen atoms in total. The Hall–Kier alpha value is -1.62. The standard InChI is InChI=1S/C16H27N5/c1-13-18-11-15(20(13)3)7-5-9-17-10-6-8-16-12-19-14(2)21(16)4/h11-12,17H,5-10H2,1-4H3. The Kier molecular flexibility index (Phi) is 5.56. The van der Waals surface area contributed by atoms with Gasteiger partial charge in [-0.05, 0) is 52.6 Å². The molecule has 0 unspecified atom stereocenters. The molecule has 0 aliphatic heterocycles. The molecule has 0 spiro atoms. The highest BCUT2D eigenvalue weighted by Crippen LogP contribution is 2.05. The van der Waals surface area contributed by atoms with Crippen molar-refractivity contribution in [2.45, 2.75) is 39.5 Å². The van der Waals surface area contributed by atoms with E-state index < -0.39 is 0 Å². The van der Waals surface area contributed by atoms with E-state index in [0.29, 0.717) is 0 Å². The van der Waals surface area contributed by atoms with Gasteiger partial charge < -0.3 is 14.5 Å². The quantitative estimate of drug-likeness (QED) is 0.755. The first-order valence-electron chi connectivity index (χ1n) is 7.74. The van der Waals surface area contributed by atoms with Gasteiger partial charge in [0.25, 0.3) is 0 Å². The van der Waals surface area contributed by atoms with Crippen molar-refractivity contribution in [1.82, 2.24) is 24.4 Å². The van der Waals surface area contributed by atoms with Crippen molar-refractivity contribution in [3.8, 4) is 0 Å². The summed E-state index contributed by atoms with van der Waals surface area (Å²) in [6.07, 6.45) is 8.46. The normalized spacial score (nSPS) is 11.2. The van der Waals surface area contributed by atoms with Crippen molar-refractivity contribution in [2.24, 2.45) is 14.1 Å². The van der Waals surface area contributed by atoms with Gasteiger partial charge in [-0.3, -0.25) is 0 Å². The number of rotatable bonds is 8. The van der Waals surface area contributed by atoms with Gasteiger partial charge in [0.15, 0.2) is 0 Å². The summed E-state index contributed by atoms with van der Waals surface area (Å²) in [4.78, 5) is 8.65. The summed E-state index contributed by atoms with van der Waals surface area (Å²) in [7, 11) is 4.17. The Morgan fingerprint density at radius 2 is 1.29 bits per heavy atom. The van der Waals surface area contributed by atoms with Crippen LogP contribution in [-0.4, -0.2) is 32.2 Å². The van der Waals surface area contributed by atoms with Crippen LogP contribution in [0.15, 0.2) is 12.4 Å². The molecule has 0 atom stereocenters. The Labute approximate surface area is 127 Å². The van der Waals surface area contributed by atoms with Gasteiger partial charge in [0.2, 0.25) is 0 Å². The molecule has 0 aromatic carbocycles. The number of hydrogen-bond acceptors (Lipinski definition) is 3. The van der Waals surface area contributed by atoms with Gasteiger partial charge in [0.1, 0.15) is 11.6 Å². The molecule has 0 radical (unpaired) electrons. The van der Waals surface area contributed by atoms with E-state index in [2.05, 4.69) is 38.5 Å². The van der Waals surface area contributed by atoms with Crippen molar-refractivity contribution in [3.63, 3.8) is 0 Å². The van der Waals surface area contributed by atoms with Crippen LogP contribution in [0.3, 0.4) is 0 Å². The highest BCUT2D eigenvalue weighted by molar-refractivity contribution is 5.04. The zero-order valence-electron chi connectivity index (χ0n) is 13.7. The second-order valence-electron chi connectivity index (χ2n) is 5.67. The molecule has 2 aromatic heterocycles. The predicted molar refractivity (Wildman–Crippen MR) is 85.4 cm³/mol. The molecule has 2 rings (SSSR count). The van der Waals surface area contributed by atoms with Gasteiger partial charge >= 0.3 is 0 Å². The first kappa shape index (κ1) is 15.8. The zero-order valence-corrected chi connectivity index (χ0v) is 13.7. The van der Waals surface area contributed by atoms with E-state index >= 15 is 0 Å². The monoisotopic (exact) mass is 289 g/mol. The smallest absolute Gasteiger partial charge is 0.105 e. The largest absolute Gasteiger partial charge is 0.335 e. The number of imidazole rings is 2. The molecule has 2 heterocycles. The molecule has 21 heavy (non-hydrogen) atoms. The van der Waals surface area contributed by atoms with Crippen molar-refractivity contribution in [1.29, 1.82) is 0 Å². The van der Waals surface area contributed by atoms with Crippen LogP contribution in [0, 0.1) is 13.8 Å². The third-order valence-corrected chi connectivity index (χ3v) is 4.21. The third kappa shape index (κ3) is 4.17. The van der Waals surface area contributed by atoms with Crippen LogP contribution < -0.4 is 5.32 Å². The summed E-state index contributed by atoms with van der Waals surface area (Å²) < 4.78 is 4.34. The van der Waals surface area contributed by atoms with Crippen LogP contribution in [0.5, 0.6) is 0 Å². The second kappa shape index (κ2) is 7.41. The molecule has 5 heteroatoms. The van der Waals surface area contributed by atoms with Crippen molar-refractivity contribution in [2.75, 3.05) is 13.1 Å². The van der Waals surface area contributed by atoms with E-state index in [1.165, 1.54) is 11.4 Å². The lowest BCUT2D eigenvalue weighted by molar-refractivity contribution is 0.605. The first-order chi connectivity index (χ1) is 10.1. The fraction of sp³-hybridized carbons (Fsp3) is 0.625. The highest BCUT2D eigenvalue weighted by atomic mass is 15.1. The van der Waals surface area contributed by atoms with Gasteiger partial charge in [-0.1, -0.05) is 0 Å². The fourth-order valence-corrected chi connectivity index (χ4v) is 2.48.